The van der Waals surface area contributed by atoms with Crippen LogP contribution >= 0.6 is 0 Å². The van der Waals surface area contributed by atoms with Crippen LogP contribution in [0.4, 0.5) is 0 Å². The van der Waals surface area contributed by atoms with Crippen molar-refractivity contribution in [3.8, 4) is 0 Å². The van der Waals surface area contributed by atoms with E-state index in [-0.39, 0.29) is 11.3 Å². The predicted octanol–water partition coefficient (Wildman–Crippen LogP) is 1.19. The molecule has 2 aliphatic rings. The van der Waals surface area contributed by atoms with Gasteiger partial charge < -0.3 is 5.32 Å². The Morgan fingerprint density at radius 2 is 2.14 bits per heavy atom. The number of ketones is 1. The van der Waals surface area contributed by atoms with E-state index in [1.807, 2.05) is 6.92 Å². The van der Waals surface area contributed by atoms with Gasteiger partial charge in [-0.25, -0.2) is 0 Å². The van der Waals surface area contributed by atoms with Gasteiger partial charge in [-0.2, -0.15) is 0 Å². The highest BCUT2D eigenvalue weighted by molar-refractivity contribution is 5.94. The van der Waals surface area contributed by atoms with Crippen molar-refractivity contribution in [3.05, 3.63) is 11.6 Å². The van der Waals surface area contributed by atoms with E-state index in [0.29, 0.717) is 18.7 Å². The molecule has 1 aliphatic heterocycles. The number of carbonyl (C=O) groups excluding carboxylic acids is 2. The first-order valence-corrected chi connectivity index (χ1v) is 5.15. The van der Waals surface area contributed by atoms with Crippen molar-refractivity contribution in [1.29, 1.82) is 0 Å². The summed E-state index contributed by atoms with van der Waals surface area (Å²) in [7, 11) is 0. The SMILES string of the molecule is CC12CCNC(=O)C=C1CCCC2=O. The largest absolute Gasteiger partial charge is 0.353 e. The zero-order valence-corrected chi connectivity index (χ0v) is 8.43. The molecule has 1 unspecified atom stereocenters. The number of fused-ring (bicyclic) bond motifs is 1. The van der Waals surface area contributed by atoms with Crippen LogP contribution in [-0.4, -0.2) is 18.2 Å². The van der Waals surface area contributed by atoms with Gasteiger partial charge in [0.25, 0.3) is 0 Å². The lowest BCUT2D eigenvalue weighted by molar-refractivity contribution is -0.127. The van der Waals surface area contributed by atoms with Crippen LogP contribution in [0.15, 0.2) is 11.6 Å². The van der Waals surface area contributed by atoms with Gasteiger partial charge in [0.05, 0.1) is 0 Å². The summed E-state index contributed by atoms with van der Waals surface area (Å²) in [5, 5.41) is 2.78. The van der Waals surface area contributed by atoms with Crippen molar-refractivity contribution in [1.82, 2.24) is 5.32 Å². The molecule has 3 heteroatoms. The highest BCUT2D eigenvalue weighted by Crippen LogP contribution is 2.41. The molecule has 14 heavy (non-hydrogen) atoms. The molecule has 1 aliphatic carbocycles. The van der Waals surface area contributed by atoms with E-state index < -0.39 is 0 Å². The van der Waals surface area contributed by atoms with Crippen LogP contribution in [0.5, 0.6) is 0 Å². The third kappa shape index (κ3) is 1.37. The molecule has 1 fully saturated rings. The van der Waals surface area contributed by atoms with Crippen molar-refractivity contribution >= 4 is 11.7 Å². The fraction of sp³-hybridized carbons (Fsp3) is 0.636. The van der Waals surface area contributed by atoms with E-state index >= 15 is 0 Å². The molecule has 0 aromatic heterocycles. The van der Waals surface area contributed by atoms with E-state index in [9.17, 15) is 9.59 Å². The summed E-state index contributed by atoms with van der Waals surface area (Å²) in [5.74, 6) is 0.255. The van der Waals surface area contributed by atoms with Crippen LogP contribution in [0.25, 0.3) is 0 Å². The summed E-state index contributed by atoms with van der Waals surface area (Å²) in [4.78, 5) is 23.1. The Balaban J connectivity index is 2.39. The van der Waals surface area contributed by atoms with Crippen LogP contribution in [0.3, 0.4) is 0 Å². The molecule has 1 N–H and O–H groups in total. The Bertz CT molecular complexity index is 319. The maximum Gasteiger partial charge on any atom is 0.243 e. The molecule has 1 heterocycles. The highest BCUT2D eigenvalue weighted by atomic mass is 16.1. The molecular formula is C11H15NO2. The summed E-state index contributed by atoms with van der Waals surface area (Å²) < 4.78 is 0. The zero-order chi connectivity index (χ0) is 10.2. The number of amides is 1. The van der Waals surface area contributed by atoms with Crippen LogP contribution in [0.1, 0.15) is 32.6 Å². The topological polar surface area (TPSA) is 46.2 Å². The molecule has 0 saturated heterocycles. The average molecular weight is 193 g/mol. The van der Waals surface area contributed by atoms with Crippen LogP contribution in [0, 0.1) is 5.41 Å². The maximum absolute atomic E-state index is 11.8. The number of nitrogens with one attached hydrogen (secondary N) is 1. The second kappa shape index (κ2) is 3.23. The van der Waals surface area contributed by atoms with Crippen molar-refractivity contribution in [3.63, 3.8) is 0 Å². The van der Waals surface area contributed by atoms with Gasteiger partial charge in [0.15, 0.2) is 0 Å². The number of carbonyl (C=O) groups is 2. The minimum atomic E-state index is -0.364. The Labute approximate surface area is 83.6 Å². The number of hydrogen-bond acceptors (Lipinski definition) is 2. The summed E-state index contributed by atoms with van der Waals surface area (Å²) >= 11 is 0. The average Bonchev–Trinajstić information content (AvgIpc) is 2.27. The molecule has 1 amide bonds. The first-order chi connectivity index (χ1) is 6.63. The van der Waals surface area contributed by atoms with Gasteiger partial charge in [-0.1, -0.05) is 5.57 Å². The molecule has 76 valence electrons. The van der Waals surface area contributed by atoms with Gasteiger partial charge >= 0.3 is 0 Å². The first-order valence-electron chi connectivity index (χ1n) is 5.15. The lowest BCUT2D eigenvalue weighted by atomic mass is 9.69. The molecule has 0 radical (unpaired) electrons. The second-order valence-corrected chi connectivity index (χ2v) is 4.32. The van der Waals surface area contributed by atoms with Crippen LogP contribution in [0.2, 0.25) is 0 Å². The van der Waals surface area contributed by atoms with Gasteiger partial charge in [0, 0.05) is 24.5 Å². The number of rotatable bonds is 0. The van der Waals surface area contributed by atoms with Gasteiger partial charge in [0.2, 0.25) is 5.91 Å². The molecule has 0 bridgehead atoms. The lowest BCUT2D eigenvalue weighted by Crippen LogP contribution is -2.34. The fourth-order valence-electron chi connectivity index (χ4n) is 2.35. The minimum absolute atomic E-state index is 0.0431. The zero-order valence-electron chi connectivity index (χ0n) is 8.43. The molecule has 2 rings (SSSR count). The number of Topliss-reactive ketones (excluding diaryl/α,β-unsaturated/α-hetero) is 1. The molecule has 1 atom stereocenters. The highest BCUT2D eigenvalue weighted by Gasteiger charge is 2.40. The van der Waals surface area contributed by atoms with Crippen molar-refractivity contribution in [2.45, 2.75) is 32.6 Å². The van der Waals surface area contributed by atoms with Gasteiger partial charge in [-0.05, 0) is 26.2 Å². The molecule has 0 aromatic rings. The summed E-state index contributed by atoms with van der Waals surface area (Å²) in [6.45, 7) is 2.58. The predicted molar refractivity (Wildman–Crippen MR) is 52.7 cm³/mol. The van der Waals surface area contributed by atoms with E-state index in [4.69, 9.17) is 0 Å². The standard InChI is InChI=1S/C11H15NO2/c1-11-5-6-12-10(14)7-8(11)3-2-4-9(11)13/h7H,2-6H2,1H3,(H,12,14). The van der Waals surface area contributed by atoms with E-state index in [1.54, 1.807) is 6.08 Å². The summed E-state index contributed by atoms with van der Waals surface area (Å²) in [6.07, 6.45) is 4.85. The lowest BCUT2D eigenvalue weighted by Gasteiger charge is -2.33. The van der Waals surface area contributed by atoms with E-state index in [1.165, 1.54) is 0 Å². The fourth-order valence-corrected chi connectivity index (χ4v) is 2.35. The minimum Gasteiger partial charge on any atom is -0.353 e. The summed E-state index contributed by atoms with van der Waals surface area (Å²) in [6, 6.07) is 0. The molecule has 0 aromatic carbocycles. The van der Waals surface area contributed by atoms with Crippen molar-refractivity contribution in [2.24, 2.45) is 5.41 Å². The van der Waals surface area contributed by atoms with Crippen LogP contribution in [-0.2, 0) is 9.59 Å². The van der Waals surface area contributed by atoms with Crippen molar-refractivity contribution < 1.29 is 9.59 Å². The third-order valence-corrected chi connectivity index (χ3v) is 3.40. The van der Waals surface area contributed by atoms with E-state index in [2.05, 4.69) is 5.32 Å². The number of allylic oxidation sites excluding steroid dienone is 1. The van der Waals surface area contributed by atoms with Crippen LogP contribution < -0.4 is 5.32 Å². The maximum atomic E-state index is 11.8. The van der Waals surface area contributed by atoms with E-state index in [0.717, 1.165) is 24.8 Å². The molecular weight excluding hydrogens is 178 g/mol. The Morgan fingerprint density at radius 3 is 2.93 bits per heavy atom. The first kappa shape index (κ1) is 9.44. The Hall–Kier alpha value is -1.12. The molecule has 0 spiro atoms. The molecule has 1 saturated carbocycles. The smallest absolute Gasteiger partial charge is 0.243 e. The Morgan fingerprint density at radius 1 is 1.36 bits per heavy atom. The Kier molecular flexibility index (Phi) is 2.17. The second-order valence-electron chi connectivity index (χ2n) is 4.32. The van der Waals surface area contributed by atoms with Crippen molar-refractivity contribution in [2.75, 3.05) is 6.54 Å². The normalized spacial score (nSPS) is 32.8. The molecule has 3 nitrogen and oxygen atoms in total. The third-order valence-electron chi connectivity index (χ3n) is 3.40. The quantitative estimate of drug-likeness (QED) is 0.628. The van der Waals surface area contributed by atoms with Gasteiger partial charge in [0.1, 0.15) is 5.78 Å². The van der Waals surface area contributed by atoms with Gasteiger partial charge in [-0.15, -0.1) is 0 Å². The monoisotopic (exact) mass is 193 g/mol. The number of hydrogen-bond donors (Lipinski definition) is 1. The van der Waals surface area contributed by atoms with Gasteiger partial charge in [-0.3, -0.25) is 9.59 Å². The summed E-state index contributed by atoms with van der Waals surface area (Å²) in [5.41, 5.74) is 0.668.